The van der Waals surface area contributed by atoms with Crippen LogP contribution in [0.15, 0.2) is 72.8 Å². The number of hydrogen-bond acceptors (Lipinski definition) is 2. The van der Waals surface area contributed by atoms with Crippen molar-refractivity contribution in [2.45, 2.75) is 6.54 Å². The maximum Gasteiger partial charge on any atom is 0.141 e. The van der Waals surface area contributed by atoms with E-state index in [1.165, 1.54) is 0 Å². The summed E-state index contributed by atoms with van der Waals surface area (Å²) in [6, 6.07) is 25.6. The summed E-state index contributed by atoms with van der Waals surface area (Å²) in [6.07, 6.45) is 0. The van der Waals surface area contributed by atoms with Crippen LogP contribution in [0.2, 0.25) is 5.02 Å². The summed E-state index contributed by atoms with van der Waals surface area (Å²) < 4.78 is 2.14. The first-order chi connectivity index (χ1) is 12.3. The topological polar surface area (TPSA) is 41.6 Å². The number of rotatable bonds is 3. The van der Waals surface area contributed by atoms with Gasteiger partial charge in [-0.2, -0.15) is 5.26 Å². The van der Waals surface area contributed by atoms with Gasteiger partial charge in [0.1, 0.15) is 5.82 Å². The molecule has 3 nitrogen and oxygen atoms in total. The van der Waals surface area contributed by atoms with Crippen molar-refractivity contribution in [3.63, 3.8) is 0 Å². The molecule has 3 aromatic carbocycles. The van der Waals surface area contributed by atoms with Gasteiger partial charge in [-0.05, 0) is 35.9 Å². The zero-order valence-electron chi connectivity index (χ0n) is 13.4. The lowest BCUT2D eigenvalue weighted by atomic mass is 10.1. The molecule has 0 aliphatic carbocycles. The minimum Gasteiger partial charge on any atom is -0.319 e. The van der Waals surface area contributed by atoms with Gasteiger partial charge in [0, 0.05) is 10.6 Å². The number of imidazole rings is 1. The van der Waals surface area contributed by atoms with E-state index in [9.17, 15) is 5.26 Å². The zero-order valence-corrected chi connectivity index (χ0v) is 14.1. The predicted molar refractivity (Wildman–Crippen MR) is 100 cm³/mol. The van der Waals surface area contributed by atoms with Crippen molar-refractivity contribution in [1.82, 2.24) is 9.55 Å². The number of nitrogens with zero attached hydrogens (tertiary/aromatic N) is 3. The molecule has 0 atom stereocenters. The monoisotopic (exact) mass is 343 g/mol. The van der Waals surface area contributed by atoms with Gasteiger partial charge in [-0.1, -0.05) is 54.1 Å². The second-order valence-electron chi connectivity index (χ2n) is 5.79. The van der Waals surface area contributed by atoms with Crippen LogP contribution in [0.4, 0.5) is 0 Å². The van der Waals surface area contributed by atoms with E-state index < -0.39 is 0 Å². The summed E-state index contributed by atoms with van der Waals surface area (Å²) in [5.74, 6) is 0.844. The Balaban J connectivity index is 1.93. The largest absolute Gasteiger partial charge is 0.319 e. The molecule has 0 saturated heterocycles. The van der Waals surface area contributed by atoms with Crippen LogP contribution in [0.3, 0.4) is 0 Å². The zero-order chi connectivity index (χ0) is 17.2. The Hall–Kier alpha value is -3.09. The Labute approximate surface area is 150 Å². The molecule has 4 rings (SSSR count). The van der Waals surface area contributed by atoms with Gasteiger partial charge in [0.15, 0.2) is 0 Å². The number of halogens is 1. The van der Waals surface area contributed by atoms with Gasteiger partial charge < -0.3 is 4.57 Å². The van der Waals surface area contributed by atoms with Gasteiger partial charge in [-0.15, -0.1) is 0 Å². The van der Waals surface area contributed by atoms with E-state index in [4.69, 9.17) is 16.6 Å². The third-order valence-corrected chi connectivity index (χ3v) is 4.44. The highest BCUT2D eigenvalue weighted by Crippen LogP contribution is 2.28. The Morgan fingerprint density at radius 3 is 2.60 bits per heavy atom. The summed E-state index contributed by atoms with van der Waals surface area (Å²) >= 11 is 6.17. The van der Waals surface area contributed by atoms with Gasteiger partial charge >= 0.3 is 0 Å². The van der Waals surface area contributed by atoms with E-state index in [-0.39, 0.29) is 0 Å². The van der Waals surface area contributed by atoms with Gasteiger partial charge in [-0.3, -0.25) is 0 Å². The van der Waals surface area contributed by atoms with Crippen molar-refractivity contribution < 1.29 is 0 Å². The second-order valence-corrected chi connectivity index (χ2v) is 6.23. The SMILES string of the molecule is N#Cc1ccccc1Cn1c(-c2cccc(Cl)c2)nc2ccccc21. The number of fused-ring (bicyclic) bond motifs is 1. The minimum atomic E-state index is 0.575. The van der Waals surface area contributed by atoms with Crippen LogP contribution in [0, 0.1) is 11.3 Å². The Bertz CT molecular complexity index is 1110. The predicted octanol–water partition coefficient (Wildman–Crippen LogP) is 5.28. The van der Waals surface area contributed by atoms with Gasteiger partial charge in [0.05, 0.1) is 29.2 Å². The van der Waals surface area contributed by atoms with Gasteiger partial charge in [0.2, 0.25) is 0 Å². The third kappa shape index (κ3) is 2.88. The van der Waals surface area contributed by atoms with Gasteiger partial charge in [0.25, 0.3) is 0 Å². The molecule has 0 radical (unpaired) electrons. The molecule has 120 valence electrons. The number of aromatic nitrogens is 2. The van der Waals surface area contributed by atoms with Crippen molar-refractivity contribution in [3.05, 3.63) is 88.9 Å². The number of nitriles is 1. The molecule has 0 aliphatic rings. The molecule has 0 bridgehead atoms. The van der Waals surface area contributed by atoms with Crippen molar-refractivity contribution in [3.8, 4) is 17.5 Å². The van der Waals surface area contributed by atoms with Crippen molar-refractivity contribution in [2.24, 2.45) is 0 Å². The highest BCUT2D eigenvalue weighted by Gasteiger charge is 2.14. The first-order valence-corrected chi connectivity index (χ1v) is 8.33. The Morgan fingerprint density at radius 2 is 1.76 bits per heavy atom. The van der Waals surface area contributed by atoms with Crippen molar-refractivity contribution >= 4 is 22.6 Å². The van der Waals surface area contributed by atoms with E-state index in [1.807, 2.05) is 72.8 Å². The fourth-order valence-corrected chi connectivity index (χ4v) is 3.21. The van der Waals surface area contributed by atoms with E-state index in [0.29, 0.717) is 17.1 Å². The van der Waals surface area contributed by atoms with Crippen LogP contribution >= 0.6 is 11.6 Å². The second kappa shape index (κ2) is 6.43. The average Bonchev–Trinajstić information content (AvgIpc) is 3.01. The summed E-state index contributed by atoms with van der Waals surface area (Å²) in [7, 11) is 0. The molecular weight excluding hydrogens is 330 g/mol. The molecule has 0 amide bonds. The molecule has 25 heavy (non-hydrogen) atoms. The Morgan fingerprint density at radius 1 is 0.960 bits per heavy atom. The highest BCUT2D eigenvalue weighted by molar-refractivity contribution is 6.30. The van der Waals surface area contributed by atoms with E-state index in [1.54, 1.807) is 0 Å². The molecule has 1 aromatic heterocycles. The first-order valence-electron chi connectivity index (χ1n) is 7.95. The molecule has 1 heterocycles. The van der Waals surface area contributed by atoms with Crippen LogP contribution in [-0.4, -0.2) is 9.55 Å². The average molecular weight is 344 g/mol. The lowest BCUT2D eigenvalue weighted by Crippen LogP contribution is -2.04. The van der Waals surface area contributed by atoms with E-state index in [0.717, 1.165) is 28.0 Å². The molecule has 0 aliphatic heterocycles. The Kier molecular flexibility index (Phi) is 3.97. The normalized spacial score (nSPS) is 10.7. The number of hydrogen-bond donors (Lipinski definition) is 0. The molecule has 0 fully saturated rings. The van der Waals surface area contributed by atoms with Crippen LogP contribution in [0.1, 0.15) is 11.1 Å². The maximum atomic E-state index is 9.39. The molecule has 4 aromatic rings. The molecule has 0 saturated carbocycles. The van der Waals surface area contributed by atoms with Gasteiger partial charge in [-0.25, -0.2) is 4.98 Å². The molecular formula is C21H14ClN3. The standard InChI is InChI=1S/C21H14ClN3/c22-18-9-5-8-15(12-18)21-24-19-10-3-4-11-20(19)25(21)14-17-7-2-1-6-16(17)13-23/h1-12H,14H2. The smallest absolute Gasteiger partial charge is 0.141 e. The fraction of sp³-hybridized carbons (Fsp3) is 0.0476. The molecule has 0 unspecified atom stereocenters. The lowest BCUT2D eigenvalue weighted by molar-refractivity contribution is 0.832. The van der Waals surface area contributed by atoms with Crippen molar-refractivity contribution in [2.75, 3.05) is 0 Å². The maximum absolute atomic E-state index is 9.39. The molecule has 4 heteroatoms. The summed E-state index contributed by atoms with van der Waals surface area (Å²) in [4.78, 5) is 4.80. The highest BCUT2D eigenvalue weighted by atomic mass is 35.5. The number of benzene rings is 3. The molecule has 0 N–H and O–H groups in total. The number of para-hydroxylation sites is 2. The van der Waals surface area contributed by atoms with Crippen LogP contribution in [0.25, 0.3) is 22.4 Å². The molecule has 0 spiro atoms. The van der Waals surface area contributed by atoms with E-state index in [2.05, 4.69) is 10.6 Å². The summed E-state index contributed by atoms with van der Waals surface area (Å²) in [6.45, 7) is 0.575. The van der Waals surface area contributed by atoms with Crippen molar-refractivity contribution in [1.29, 1.82) is 5.26 Å². The lowest BCUT2D eigenvalue weighted by Gasteiger charge is -2.11. The first kappa shape index (κ1) is 15.4. The van der Waals surface area contributed by atoms with E-state index >= 15 is 0 Å². The van der Waals surface area contributed by atoms with Crippen LogP contribution < -0.4 is 0 Å². The quantitative estimate of drug-likeness (QED) is 0.508. The summed E-state index contributed by atoms with van der Waals surface area (Å²) in [5, 5.41) is 10.1. The van der Waals surface area contributed by atoms with Crippen LogP contribution in [0.5, 0.6) is 0 Å². The fourth-order valence-electron chi connectivity index (χ4n) is 3.02. The third-order valence-electron chi connectivity index (χ3n) is 4.20. The minimum absolute atomic E-state index is 0.575. The summed E-state index contributed by atoms with van der Waals surface area (Å²) in [5.41, 5.74) is 4.56. The van der Waals surface area contributed by atoms with Crippen LogP contribution in [-0.2, 0) is 6.54 Å².